The average Bonchev–Trinajstić information content (AvgIpc) is 2.69. The van der Waals surface area contributed by atoms with Crippen LogP contribution in [-0.2, 0) is 19.8 Å². The highest BCUT2D eigenvalue weighted by molar-refractivity contribution is 5.85. The van der Waals surface area contributed by atoms with E-state index in [1.54, 1.807) is 17.9 Å². The summed E-state index contributed by atoms with van der Waals surface area (Å²) in [5, 5.41) is 4.05. The zero-order chi connectivity index (χ0) is 13.3. The number of alkyl halides is 3. The average molecular weight is 292 g/mol. The topological polar surface area (TPSA) is 43.8 Å². The van der Waals surface area contributed by atoms with Crippen LogP contribution in [0.4, 0.5) is 13.2 Å². The number of hydrogen-bond donors (Lipinski definition) is 1. The number of nitrogens with zero attached hydrogens (tertiary/aromatic N) is 2. The van der Waals surface area contributed by atoms with Gasteiger partial charge in [-0.15, -0.1) is 12.4 Å². The van der Waals surface area contributed by atoms with Crippen molar-refractivity contribution in [3.63, 3.8) is 0 Å². The molecule has 0 amide bonds. The van der Waals surface area contributed by atoms with Gasteiger partial charge in [0.1, 0.15) is 0 Å². The smallest absolute Gasteiger partial charge is 0.325 e. The molecule has 104 valence electrons. The molecule has 0 aliphatic carbocycles. The Hall–Kier alpha value is -1.53. The fraction of sp³-hybridized carbons (Fsp3) is 0.250. The predicted molar refractivity (Wildman–Crippen MR) is 68.8 cm³/mol. The molecule has 0 saturated carbocycles. The van der Waals surface area contributed by atoms with Crippen LogP contribution in [-0.4, -0.2) is 9.78 Å². The third-order valence-electron chi connectivity index (χ3n) is 2.78. The van der Waals surface area contributed by atoms with E-state index < -0.39 is 11.7 Å². The van der Waals surface area contributed by atoms with Crippen LogP contribution in [0.15, 0.2) is 30.5 Å². The number of aromatic nitrogens is 2. The number of hydrogen-bond acceptors (Lipinski definition) is 2. The second-order valence-corrected chi connectivity index (χ2v) is 3.91. The van der Waals surface area contributed by atoms with Crippen LogP contribution in [0.2, 0.25) is 0 Å². The van der Waals surface area contributed by atoms with Crippen LogP contribution in [0.3, 0.4) is 0 Å². The molecule has 7 heteroatoms. The van der Waals surface area contributed by atoms with Crippen LogP contribution in [0.5, 0.6) is 0 Å². The molecule has 2 aromatic rings. The van der Waals surface area contributed by atoms with E-state index in [0.717, 1.165) is 23.4 Å². The van der Waals surface area contributed by atoms with Crippen molar-refractivity contribution >= 4 is 12.4 Å². The van der Waals surface area contributed by atoms with Gasteiger partial charge in [0, 0.05) is 19.2 Å². The van der Waals surface area contributed by atoms with Gasteiger partial charge < -0.3 is 5.73 Å². The Bertz CT molecular complexity index is 546. The fourth-order valence-electron chi connectivity index (χ4n) is 1.78. The number of nitrogens with two attached hydrogens (primary N) is 1. The molecule has 0 aliphatic rings. The summed E-state index contributed by atoms with van der Waals surface area (Å²) in [5.74, 6) is 0. The summed E-state index contributed by atoms with van der Waals surface area (Å²) in [4.78, 5) is 0. The van der Waals surface area contributed by atoms with Crippen LogP contribution in [0.25, 0.3) is 11.1 Å². The van der Waals surface area contributed by atoms with Crippen LogP contribution >= 0.6 is 12.4 Å². The zero-order valence-electron chi connectivity index (χ0n) is 10.1. The molecule has 1 heterocycles. The van der Waals surface area contributed by atoms with Crippen molar-refractivity contribution in [2.24, 2.45) is 12.8 Å². The Kier molecular flexibility index (Phi) is 4.60. The summed E-state index contributed by atoms with van der Waals surface area (Å²) in [6.07, 6.45) is -2.71. The predicted octanol–water partition coefficient (Wildman–Crippen LogP) is 2.99. The molecule has 0 unspecified atom stereocenters. The molecule has 0 atom stereocenters. The highest BCUT2D eigenvalue weighted by Crippen LogP contribution is 2.31. The molecule has 0 spiro atoms. The Morgan fingerprint density at radius 3 is 2.26 bits per heavy atom. The summed E-state index contributed by atoms with van der Waals surface area (Å²) in [7, 11) is 1.75. The molecule has 2 rings (SSSR count). The first-order valence-corrected chi connectivity index (χ1v) is 5.32. The molecular formula is C12H13ClF3N3. The Morgan fingerprint density at radius 2 is 1.79 bits per heavy atom. The Labute approximate surface area is 114 Å². The molecule has 1 aromatic heterocycles. The molecule has 2 N–H and O–H groups in total. The van der Waals surface area contributed by atoms with Gasteiger partial charge in [-0.1, -0.05) is 12.1 Å². The number of rotatable bonds is 2. The lowest BCUT2D eigenvalue weighted by Crippen LogP contribution is -2.06. The Balaban J connectivity index is 0.00000180. The van der Waals surface area contributed by atoms with E-state index in [-0.39, 0.29) is 19.0 Å². The summed E-state index contributed by atoms with van der Waals surface area (Å²) in [5.41, 5.74) is 7.15. The minimum atomic E-state index is -4.32. The highest BCUT2D eigenvalue weighted by atomic mass is 35.5. The molecule has 0 bridgehead atoms. The molecular weight excluding hydrogens is 279 g/mol. The van der Waals surface area contributed by atoms with Crippen molar-refractivity contribution in [2.45, 2.75) is 12.7 Å². The van der Waals surface area contributed by atoms with Crippen molar-refractivity contribution in [3.8, 4) is 11.1 Å². The molecule has 3 nitrogen and oxygen atoms in total. The summed E-state index contributed by atoms with van der Waals surface area (Å²) in [6, 6.07) is 4.98. The third kappa shape index (κ3) is 3.08. The largest absolute Gasteiger partial charge is 0.416 e. The van der Waals surface area contributed by atoms with Gasteiger partial charge in [0.05, 0.1) is 17.5 Å². The van der Waals surface area contributed by atoms with E-state index in [9.17, 15) is 13.2 Å². The van der Waals surface area contributed by atoms with Crippen molar-refractivity contribution in [1.82, 2.24) is 9.78 Å². The molecule has 1 aromatic carbocycles. The van der Waals surface area contributed by atoms with Crippen molar-refractivity contribution in [1.29, 1.82) is 0 Å². The van der Waals surface area contributed by atoms with E-state index in [1.807, 2.05) is 0 Å². The first-order valence-electron chi connectivity index (χ1n) is 5.32. The maximum absolute atomic E-state index is 12.4. The molecule has 0 aliphatic heterocycles. The molecule has 19 heavy (non-hydrogen) atoms. The highest BCUT2D eigenvalue weighted by Gasteiger charge is 2.30. The van der Waals surface area contributed by atoms with E-state index in [2.05, 4.69) is 5.10 Å². The van der Waals surface area contributed by atoms with Gasteiger partial charge >= 0.3 is 6.18 Å². The number of aryl methyl sites for hydroxylation is 1. The minimum absolute atomic E-state index is 0. The van der Waals surface area contributed by atoms with Gasteiger partial charge in [0.2, 0.25) is 0 Å². The first kappa shape index (κ1) is 15.5. The second kappa shape index (κ2) is 5.63. The standard InChI is InChI=1S/C12H12F3N3.ClH/c1-18-11(6-16)10(7-17-18)8-2-4-9(5-3-8)12(13,14)15;/h2-5,7H,6,16H2,1H3;1H. The van der Waals surface area contributed by atoms with Crippen LogP contribution in [0, 0.1) is 0 Å². The molecule has 0 fully saturated rings. The van der Waals surface area contributed by atoms with E-state index in [4.69, 9.17) is 5.73 Å². The number of halogens is 4. The van der Waals surface area contributed by atoms with Crippen molar-refractivity contribution in [3.05, 3.63) is 41.7 Å². The normalized spacial score (nSPS) is 11.2. The zero-order valence-corrected chi connectivity index (χ0v) is 10.9. The van der Waals surface area contributed by atoms with Crippen molar-refractivity contribution in [2.75, 3.05) is 0 Å². The lowest BCUT2D eigenvalue weighted by atomic mass is 10.0. The minimum Gasteiger partial charge on any atom is -0.325 e. The lowest BCUT2D eigenvalue weighted by Gasteiger charge is -2.08. The van der Waals surface area contributed by atoms with Crippen molar-refractivity contribution < 1.29 is 13.2 Å². The monoisotopic (exact) mass is 291 g/mol. The van der Waals surface area contributed by atoms with E-state index in [1.165, 1.54) is 12.1 Å². The maximum atomic E-state index is 12.4. The van der Waals surface area contributed by atoms with Crippen LogP contribution in [0.1, 0.15) is 11.3 Å². The SMILES string of the molecule is Cl.Cn1ncc(-c2ccc(C(F)(F)F)cc2)c1CN. The lowest BCUT2D eigenvalue weighted by molar-refractivity contribution is -0.137. The summed E-state index contributed by atoms with van der Waals surface area (Å²) >= 11 is 0. The molecule has 0 radical (unpaired) electrons. The van der Waals surface area contributed by atoms with Crippen LogP contribution < -0.4 is 5.73 Å². The molecule has 0 saturated heterocycles. The van der Waals surface area contributed by atoms with Gasteiger partial charge in [-0.3, -0.25) is 4.68 Å². The number of benzene rings is 1. The van der Waals surface area contributed by atoms with E-state index >= 15 is 0 Å². The van der Waals surface area contributed by atoms with Gasteiger partial charge in [0.15, 0.2) is 0 Å². The summed E-state index contributed by atoms with van der Waals surface area (Å²) in [6.45, 7) is 0.285. The quantitative estimate of drug-likeness (QED) is 0.924. The van der Waals surface area contributed by atoms with Gasteiger partial charge in [-0.2, -0.15) is 18.3 Å². The van der Waals surface area contributed by atoms with Gasteiger partial charge in [-0.05, 0) is 17.7 Å². The summed E-state index contributed by atoms with van der Waals surface area (Å²) < 4.78 is 38.9. The fourth-order valence-corrected chi connectivity index (χ4v) is 1.78. The first-order chi connectivity index (χ1) is 8.43. The maximum Gasteiger partial charge on any atom is 0.416 e. The van der Waals surface area contributed by atoms with Gasteiger partial charge in [0.25, 0.3) is 0 Å². The van der Waals surface area contributed by atoms with Gasteiger partial charge in [-0.25, -0.2) is 0 Å². The van der Waals surface area contributed by atoms with E-state index in [0.29, 0.717) is 5.56 Å². The Morgan fingerprint density at radius 1 is 1.21 bits per heavy atom. The third-order valence-corrected chi connectivity index (χ3v) is 2.78. The second-order valence-electron chi connectivity index (χ2n) is 3.91.